The Kier molecular flexibility index (Phi) is 5.57. The molecule has 92 valence electrons. The smallest absolute Gasteiger partial charge is 0.0340 e. The van der Waals surface area contributed by atoms with Crippen molar-refractivity contribution >= 4 is 0 Å². The average Bonchev–Trinajstić information content (AvgIpc) is 1.98. The van der Waals surface area contributed by atoms with Crippen LogP contribution in [0.15, 0.2) is 36.1 Å². The molecule has 0 saturated heterocycles. The van der Waals surface area contributed by atoms with Gasteiger partial charge in [-0.25, -0.2) is 0 Å². The van der Waals surface area contributed by atoms with Gasteiger partial charge in [0.2, 0.25) is 0 Å². The van der Waals surface area contributed by atoms with E-state index in [4.69, 9.17) is 0 Å². The maximum Gasteiger partial charge on any atom is 0.0340 e. The van der Waals surface area contributed by atoms with E-state index in [1.54, 1.807) is 0 Å². The fourth-order valence-corrected chi connectivity index (χ4v) is 1.19. The van der Waals surface area contributed by atoms with Crippen molar-refractivity contribution in [2.45, 2.75) is 54.0 Å². The van der Waals surface area contributed by atoms with Gasteiger partial charge in [0.15, 0.2) is 0 Å². The van der Waals surface area contributed by atoms with Gasteiger partial charge in [-0.05, 0) is 45.3 Å². The zero-order valence-electron chi connectivity index (χ0n) is 11.9. The number of nitrogens with one attached hydrogen (secondary N) is 1. The van der Waals surface area contributed by atoms with E-state index >= 15 is 0 Å². The molecule has 0 aromatic heterocycles. The van der Waals surface area contributed by atoms with E-state index in [2.05, 4.69) is 77.2 Å². The monoisotopic (exact) mass is 221 g/mol. The van der Waals surface area contributed by atoms with Gasteiger partial charge in [0.1, 0.15) is 0 Å². The highest BCUT2D eigenvalue weighted by atomic mass is 15.0. The first-order valence-corrected chi connectivity index (χ1v) is 5.94. The highest BCUT2D eigenvalue weighted by molar-refractivity contribution is 5.23. The summed E-state index contributed by atoms with van der Waals surface area (Å²) in [5, 5.41) is 3.47. The zero-order valence-corrected chi connectivity index (χ0v) is 11.9. The topological polar surface area (TPSA) is 12.0 Å². The average molecular weight is 221 g/mol. The number of allylic oxidation sites excluding steroid dienone is 5. The van der Waals surface area contributed by atoms with Crippen molar-refractivity contribution in [3.8, 4) is 0 Å². The van der Waals surface area contributed by atoms with E-state index in [0.717, 1.165) is 5.70 Å². The van der Waals surface area contributed by atoms with Crippen LogP contribution >= 0.6 is 0 Å². The van der Waals surface area contributed by atoms with Gasteiger partial charge in [0.05, 0.1) is 0 Å². The third kappa shape index (κ3) is 9.57. The molecule has 1 nitrogen and oxygen atoms in total. The molecule has 1 heteroatoms. The van der Waals surface area contributed by atoms with Crippen LogP contribution in [0.25, 0.3) is 0 Å². The van der Waals surface area contributed by atoms with Crippen LogP contribution in [0.2, 0.25) is 0 Å². The van der Waals surface area contributed by atoms with Crippen molar-refractivity contribution in [3.05, 3.63) is 36.1 Å². The molecule has 0 amide bonds. The molecule has 0 spiro atoms. The molecule has 16 heavy (non-hydrogen) atoms. The Bertz CT molecular complexity index is 280. The van der Waals surface area contributed by atoms with Crippen molar-refractivity contribution in [2.24, 2.45) is 5.41 Å². The lowest BCUT2D eigenvalue weighted by Crippen LogP contribution is -2.34. The van der Waals surface area contributed by atoms with E-state index in [-0.39, 0.29) is 11.0 Å². The van der Waals surface area contributed by atoms with Crippen LogP contribution in [0.5, 0.6) is 0 Å². The summed E-state index contributed by atoms with van der Waals surface area (Å²) in [6.45, 7) is 15.1. The van der Waals surface area contributed by atoms with Crippen LogP contribution in [0.4, 0.5) is 0 Å². The van der Waals surface area contributed by atoms with Crippen LogP contribution in [0.3, 0.4) is 0 Å². The maximum atomic E-state index is 3.47. The molecule has 0 unspecified atom stereocenters. The Morgan fingerprint density at radius 2 is 1.56 bits per heavy atom. The molecule has 0 aliphatic carbocycles. The Hall–Kier alpha value is -0.980. The molecule has 0 saturated carbocycles. The van der Waals surface area contributed by atoms with E-state index in [1.165, 1.54) is 0 Å². The first kappa shape index (κ1) is 15.0. The molecular formula is C15H27N. The second-order valence-corrected chi connectivity index (χ2v) is 6.22. The highest BCUT2D eigenvalue weighted by Gasteiger charge is 2.08. The summed E-state index contributed by atoms with van der Waals surface area (Å²) in [6, 6.07) is 0. The van der Waals surface area contributed by atoms with Crippen molar-refractivity contribution in [3.63, 3.8) is 0 Å². The van der Waals surface area contributed by atoms with Gasteiger partial charge in [-0.15, -0.1) is 0 Å². The molecular weight excluding hydrogens is 194 g/mol. The van der Waals surface area contributed by atoms with Crippen LogP contribution in [0.1, 0.15) is 48.5 Å². The quantitative estimate of drug-likeness (QED) is 0.695. The minimum atomic E-state index is 0.0981. The van der Waals surface area contributed by atoms with E-state index < -0.39 is 0 Å². The van der Waals surface area contributed by atoms with Gasteiger partial charge in [-0.2, -0.15) is 0 Å². The van der Waals surface area contributed by atoms with E-state index in [9.17, 15) is 0 Å². The molecule has 0 aliphatic rings. The zero-order chi connectivity index (χ0) is 12.8. The summed E-state index contributed by atoms with van der Waals surface area (Å²) < 4.78 is 0. The maximum absolute atomic E-state index is 3.47. The molecule has 0 heterocycles. The van der Waals surface area contributed by atoms with Gasteiger partial charge < -0.3 is 5.32 Å². The SMILES string of the molecule is C\C=C/C(=C\C=C\C(C)(C)C)NC(C)(C)C. The number of hydrogen-bond acceptors (Lipinski definition) is 1. The largest absolute Gasteiger partial charge is 0.380 e. The molecule has 0 aromatic carbocycles. The second-order valence-electron chi connectivity index (χ2n) is 6.22. The fraction of sp³-hybridized carbons (Fsp3) is 0.600. The predicted molar refractivity (Wildman–Crippen MR) is 74.4 cm³/mol. The summed E-state index contributed by atoms with van der Waals surface area (Å²) in [5.74, 6) is 0. The molecule has 0 bridgehead atoms. The third-order valence-electron chi connectivity index (χ3n) is 1.74. The summed E-state index contributed by atoms with van der Waals surface area (Å²) in [5.41, 5.74) is 1.48. The Balaban J connectivity index is 4.67. The Morgan fingerprint density at radius 1 is 1.00 bits per heavy atom. The highest BCUT2D eigenvalue weighted by Crippen LogP contribution is 2.14. The van der Waals surface area contributed by atoms with E-state index in [0.29, 0.717) is 0 Å². The van der Waals surface area contributed by atoms with Crippen molar-refractivity contribution < 1.29 is 0 Å². The summed E-state index contributed by atoms with van der Waals surface area (Å²) in [7, 11) is 0. The van der Waals surface area contributed by atoms with Gasteiger partial charge >= 0.3 is 0 Å². The number of hydrogen-bond donors (Lipinski definition) is 1. The lowest BCUT2D eigenvalue weighted by Gasteiger charge is -2.22. The fourth-order valence-electron chi connectivity index (χ4n) is 1.19. The van der Waals surface area contributed by atoms with Crippen LogP contribution in [-0.2, 0) is 0 Å². The standard InChI is InChI=1S/C15H27N/c1-8-10-13(16-15(5,6)7)11-9-12-14(2,3)4/h8-12,16H,1-7H3/b10-8-,12-9+,13-11+. The Morgan fingerprint density at radius 3 is 1.94 bits per heavy atom. The van der Waals surface area contributed by atoms with Crippen LogP contribution in [-0.4, -0.2) is 5.54 Å². The van der Waals surface area contributed by atoms with Gasteiger partial charge in [-0.3, -0.25) is 0 Å². The van der Waals surface area contributed by atoms with E-state index in [1.807, 2.05) is 6.92 Å². The summed E-state index contributed by atoms with van der Waals surface area (Å²) >= 11 is 0. The van der Waals surface area contributed by atoms with Crippen molar-refractivity contribution in [2.75, 3.05) is 0 Å². The molecule has 0 aliphatic heterocycles. The second kappa shape index (κ2) is 5.93. The molecule has 1 N–H and O–H groups in total. The normalized spacial score (nSPS) is 15.1. The lowest BCUT2D eigenvalue weighted by atomic mass is 9.96. The van der Waals surface area contributed by atoms with Crippen LogP contribution in [0, 0.1) is 5.41 Å². The predicted octanol–water partition coefficient (Wildman–Crippen LogP) is 4.44. The summed E-state index contributed by atoms with van der Waals surface area (Å²) in [6.07, 6.45) is 10.6. The molecule has 0 rings (SSSR count). The summed E-state index contributed by atoms with van der Waals surface area (Å²) in [4.78, 5) is 0. The van der Waals surface area contributed by atoms with Gasteiger partial charge in [0.25, 0.3) is 0 Å². The van der Waals surface area contributed by atoms with Gasteiger partial charge in [-0.1, -0.05) is 39.0 Å². The number of rotatable bonds is 3. The Labute approximate surface area is 101 Å². The third-order valence-corrected chi connectivity index (χ3v) is 1.74. The molecule has 0 atom stereocenters. The minimum Gasteiger partial charge on any atom is -0.380 e. The lowest BCUT2D eigenvalue weighted by molar-refractivity contribution is 0.479. The van der Waals surface area contributed by atoms with Crippen molar-refractivity contribution in [1.82, 2.24) is 5.32 Å². The first-order chi connectivity index (χ1) is 7.14. The molecule has 0 radical (unpaired) electrons. The molecule has 0 aromatic rings. The van der Waals surface area contributed by atoms with Gasteiger partial charge in [0, 0.05) is 11.2 Å². The molecule has 0 fully saturated rings. The first-order valence-electron chi connectivity index (χ1n) is 5.94. The van der Waals surface area contributed by atoms with Crippen LogP contribution < -0.4 is 5.32 Å². The minimum absolute atomic E-state index is 0.0981. The van der Waals surface area contributed by atoms with Crippen molar-refractivity contribution in [1.29, 1.82) is 0 Å².